The first-order valence-electron chi connectivity index (χ1n) is 5.41. The van der Waals surface area contributed by atoms with Gasteiger partial charge in [-0.2, -0.15) is 0 Å². The van der Waals surface area contributed by atoms with E-state index < -0.39 is 0 Å². The molecule has 0 aliphatic heterocycles. The average molecular weight is 240 g/mol. The van der Waals surface area contributed by atoms with Crippen LogP contribution in [0, 0.1) is 11.8 Å². The summed E-state index contributed by atoms with van der Waals surface area (Å²) in [4.78, 5) is 15.0. The number of carbonyl (C=O) groups excluding carboxylic acids is 1. The van der Waals surface area contributed by atoms with Crippen LogP contribution in [-0.4, -0.2) is 18.1 Å². The van der Waals surface area contributed by atoms with E-state index in [2.05, 4.69) is 21.6 Å². The van der Waals surface area contributed by atoms with E-state index in [1.165, 1.54) is 7.11 Å². The molecular weight excluding hydrogens is 228 g/mol. The van der Waals surface area contributed by atoms with Crippen LogP contribution in [0.15, 0.2) is 30.5 Å². The third-order valence-electron chi connectivity index (χ3n) is 2.51. The van der Waals surface area contributed by atoms with Crippen molar-refractivity contribution in [1.82, 2.24) is 4.98 Å². The van der Waals surface area contributed by atoms with Gasteiger partial charge in [0, 0.05) is 17.0 Å². The number of nitrogens with zero attached hydrogens (tertiary/aromatic N) is 1. The van der Waals surface area contributed by atoms with Crippen LogP contribution >= 0.6 is 0 Å². The maximum atomic E-state index is 11.0. The maximum Gasteiger partial charge on any atom is 0.317 e. The van der Waals surface area contributed by atoms with Gasteiger partial charge in [-0.1, -0.05) is 36.1 Å². The number of anilines is 1. The number of hydrogen-bond donors (Lipinski definition) is 1. The molecule has 18 heavy (non-hydrogen) atoms. The number of esters is 1. The first-order chi connectivity index (χ1) is 8.72. The van der Waals surface area contributed by atoms with E-state index in [0.717, 1.165) is 16.3 Å². The monoisotopic (exact) mass is 240 g/mol. The molecule has 0 amide bonds. The first kappa shape index (κ1) is 11.9. The molecule has 0 unspecified atom stereocenters. The van der Waals surface area contributed by atoms with Gasteiger partial charge in [-0.25, -0.2) is 4.98 Å². The van der Waals surface area contributed by atoms with Crippen LogP contribution < -0.4 is 5.73 Å². The molecule has 0 spiro atoms. The molecule has 0 bridgehead atoms. The fraction of sp³-hybridized carbons (Fsp3) is 0.143. The van der Waals surface area contributed by atoms with Gasteiger partial charge in [-0.05, 0) is 0 Å². The molecule has 2 aromatic rings. The second kappa shape index (κ2) is 5.19. The van der Waals surface area contributed by atoms with Gasteiger partial charge in [0.15, 0.2) is 0 Å². The van der Waals surface area contributed by atoms with Gasteiger partial charge >= 0.3 is 5.97 Å². The number of aromatic nitrogens is 1. The lowest BCUT2D eigenvalue weighted by molar-refractivity contribution is -0.139. The summed E-state index contributed by atoms with van der Waals surface area (Å²) in [6.45, 7) is 0. The Morgan fingerprint density at radius 2 is 2.11 bits per heavy atom. The molecule has 0 radical (unpaired) electrons. The van der Waals surface area contributed by atoms with Crippen LogP contribution in [0.5, 0.6) is 0 Å². The smallest absolute Gasteiger partial charge is 0.317 e. The standard InChI is InChI=1S/C14H12N2O2/c1-18-13(17)8-4-5-10-9-16-14(15)12-7-3-2-6-11(10)12/h2-3,6-7,9H,8H2,1H3,(H2,15,16). The van der Waals surface area contributed by atoms with Gasteiger partial charge in [-0.15, -0.1) is 0 Å². The summed E-state index contributed by atoms with van der Waals surface area (Å²) < 4.78 is 4.52. The molecule has 0 fully saturated rings. The number of hydrogen-bond acceptors (Lipinski definition) is 4. The van der Waals surface area contributed by atoms with Crippen molar-refractivity contribution in [3.8, 4) is 11.8 Å². The highest BCUT2D eigenvalue weighted by Crippen LogP contribution is 2.21. The number of methoxy groups -OCH3 is 1. The Bertz CT molecular complexity index is 654. The summed E-state index contributed by atoms with van der Waals surface area (Å²) in [5, 5.41) is 1.80. The van der Waals surface area contributed by atoms with Gasteiger partial charge in [0.2, 0.25) is 0 Å². The third-order valence-corrected chi connectivity index (χ3v) is 2.51. The number of benzene rings is 1. The summed E-state index contributed by atoms with van der Waals surface area (Å²) in [6, 6.07) is 7.62. The fourth-order valence-electron chi connectivity index (χ4n) is 1.60. The van der Waals surface area contributed by atoms with Crippen molar-refractivity contribution in [3.05, 3.63) is 36.0 Å². The highest BCUT2D eigenvalue weighted by atomic mass is 16.5. The summed E-state index contributed by atoms with van der Waals surface area (Å²) in [7, 11) is 1.34. The summed E-state index contributed by atoms with van der Waals surface area (Å²) in [6.07, 6.45) is 1.68. The lowest BCUT2D eigenvalue weighted by atomic mass is 10.1. The number of fused-ring (bicyclic) bond motifs is 1. The molecule has 0 aliphatic carbocycles. The van der Waals surface area contributed by atoms with Crippen molar-refractivity contribution in [2.24, 2.45) is 0 Å². The molecule has 1 aromatic carbocycles. The largest absolute Gasteiger partial charge is 0.468 e. The average Bonchev–Trinajstić information content (AvgIpc) is 2.41. The second-order valence-corrected chi connectivity index (χ2v) is 3.66. The number of nitrogens with two attached hydrogens (primary N) is 1. The topological polar surface area (TPSA) is 65.2 Å². The lowest BCUT2D eigenvalue weighted by Gasteiger charge is -2.02. The van der Waals surface area contributed by atoms with Crippen LogP contribution in [0.25, 0.3) is 10.8 Å². The third kappa shape index (κ3) is 2.41. The Hall–Kier alpha value is -2.54. The number of rotatable bonds is 1. The van der Waals surface area contributed by atoms with Gasteiger partial charge in [0.25, 0.3) is 0 Å². The molecule has 0 atom stereocenters. The second-order valence-electron chi connectivity index (χ2n) is 3.66. The van der Waals surface area contributed by atoms with Gasteiger partial charge in [-0.3, -0.25) is 4.79 Å². The lowest BCUT2D eigenvalue weighted by Crippen LogP contribution is -1.97. The molecule has 1 aromatic heterocycles. The van der Waals surface area contributed by atoms with Crippen LogP contribution in [0.3, 0.4) is 0 Å². The van der Waals surface area contributed by atoms with Gasteiger partial charge in [0.05, 0.1) is 12.7 Å². The van der Waals surface area contributed by atoms with E-state index in [9.17, 15) is 4.79 Å². The number of nitrogen functional groups attached to an aromatic ring is 1. The maximum absolute atomic E-state index is 11.0. The van der Waals surface area contributed by atoms with E-state index in [-0.39, 0.29) is 12.4 Å². The molecule has 0 saturated carbocycles. The number of pyridine rings is 1. The Kier molecular flexibility index (Phi) is 3.44. The minimum absolute atomic E-state index is 0.0647. The highest BCUT2D eigenvalue weighted by molar-refractivity contribution is 5.94. The minimum atomic E-state index is -0.352. The summed E-state index contributed by atoms with van der Waals surface area (Å²) in [5.41, 5.74) is 6.54. The van der Waals surface area contributed by atoms with Crippen molar-refractivity contribution in [1.29, 1.82) is 0 Å². The highest BCUT2D eigenvalue weighted by Gasteiger charge is 2.02. The van der Waals surface area contributed by atoms with Crippen molar-refractivity contribution in [3.63, 3.8) is 0 Å². The Morgan fingerprint density at radius 1 is 1.39 bits per heavy atom. The summed E-state index contributed by atoms with van der Waals surface area (Å²) >= 11 is 0. The van der Waals surface area contributed by atoms with E-state index in [0.29, 0.717) is 5.82 Å². The van der Waals surface area contributed by atoms with Crippen LogP contribution in [-0.2, 0) is 9.53 Å². The zero-order valence-corrected chi connectivity index (χ0v) is 9.93. The van der Waals surface area contributed by atoms with E-state index in [1.807, 2.05) is 24.3 Å². The van der Waals surface area contributed by atoms with Crippen LogP contribution in [0.2, 0.25) is 0 Å². The molecule has 4 heteroatoms. The number of ether oxygens (including phenoxy) is 1. The quantitative estimate of drug-likeness (QED) is 0.609. The van der Waals surface area contributed by atoms with Crippen molar-refractivity contribution < 1.29 is 9.53 Å². The molecule has 0 aliphatic rings. The normalized spacial score (nSPS) is 9.61. The first-order valence-corrected chi connectivity index (χ1v) is 5.41. The molecule has 2 N–H and O–H groups in total. The predicted molar refractivity (Wildman–Crippen MR) is 69.7 cm³/mol. The van der Waals surface area contributed by atoms with Crippen LogP contribution in [0.1, 0.15) is 12.0 Å². The van der Waals surface area contributed by atoms with Crippen molar-refractivity contribution >= 4 is 22.6 Å². The van der Waals surface area contributed by atoms with Gasteiger partial charge < -0.3 is 10.5 Å². The van der Waals surface area contributed by atoms with E-state index in [1.54, 1.807) is 6.20 Å². The van der Waals surface area contributed by atoms with Gasteiger partial charge in [0.1, 0.15) is 12.2 Å². The molecule has 90 valence electrons. The molecule has 0 saturated heterocycles. The Labute approximate surface area is 105 Å². The zero-order chi connectivity index (χ0) is 13.0. The molecule has 4 nitrogen and oxygen atoms in total. The minimum Gasteiger partial charge on any atom is -0.468 e. The zero-order valence-electron chi connectivity index (χ0n) is 9.93. The molecule has 1 heterocycles. The SMILES string of the molecule is COC(=O)CC#Cc1cnc(N)c2ccccc12. The molecule has 2 rings (SSSR count). The van der Waals surface area contributed by atoms with E-state index >= 15 is 0 Å². The van der Waals surface area contributed by atoms with Crippen molar-refractivity contribution in [2.75, 3.05) is 12.8 Å². The Morgan fingerprint density at radius 3 is 2.83 bits per heavy atom. The Balaban J connectivity index is 2.40. The fourth-order valence-corrected chi connectivity index (χ4v) is 1.60. The number of carbonyl (C=O) groups is 1. The molecular formula is C14H12N2O2. The summed E-state index contributed by atoms with van der Waals surface area (Å²) in [5.74, 6) is 5.79. The predicted octanol–water partition coefficient (Wildman–Crippen LogP) is 1.73. The van der Waals surface area contributed by atoms with Crippen LogP contribution in [0.4, 0.5) is 5.82 Å². The van der Waals surface area contributed by atoms with Crippen molar-refractivity contribution in [2.45, 2.75) is 6.42 Å². The van der Waals surface area contributed by atoms with E-state index in [4.69, 9.17) is 5.73 Å².